The lowest BCUT2D eigenvalue weighted by Crippen LogP contribution is -2.10. The highest BCUT2D eigenvalue weighted by molar-refractivity contribution is 5.92. The van der Waals surface area contributed by atoms with Crippen LogP contribution < -0.4 is 4.90 Å². The van der Waals surface area contributed by atoms with Crippen molar-refractivity contribution in [1.29, 1.82) is 0 Å². The maximum Gasteiger partial charge on any atom is 0.227 e. The Hall–Kier alpha value is -6.19. The predicted molar refractivity (Wildman–Crippen MR) is 223 cm³/mol. The van der Waals surface area contributed by atoms with Crippen LogP contribution in [0.5, 0.6) is 0 Å². The van der Waals surface area contributed by atoms with Crippen LogP contribution in [0.2, 0.25) is 0 Å². The van der Waals surface area contributed by atoms with Crippen LogP contribution in [0.4, 0.5) is 17.1 Å². The van der Waals surface area contributed by atoms with Crippen LogP contribution in [-0.2, 0) is 12.8 Å². The van der Waals surface area contributed by atoms with E-state index in [4.69, 9.17) is 9.40 Å². The molecule has 0 unspecified atom stereocenters. The Bertz CT molecular complexity index is 2410. The molecule has 0 atom stereocenters. The molecule has 0 fully saturated rings. The summed E-state index contributed by atoms with van der Waals surface area (Å²) in [5, 5.41) is 0. The fourth-order valence-corrected chi connectivity index (χ4v) is 7.30. The van der Waals surface area contributed by atoms with Gasteiger partial charge in [-0.15, -0.1) is 0 Å². The molecule has 0 spiro atoms. The standard InChI is InChI=1S/C50H44N2O/c1-3-5-14-36-23-31-41(32-24-36)52(43-16-12-15-37(35-43)13-4-2)42-33-29-39(30-34-42)45-18-7-9-20-47(45)46-19-8-6-17-44(46)38-25-27-40(28-26-38)50-51-48-21-10-11-22-49(48)53-50/h6-12,15-35H,3-5,13-14H2,1-2H3. The highest BCUT2D eigenvalue weighted by atomic mass is 16.3. The molecule has 0 bridgehead atoms. The van der Waals surface area contributed by atoms with Gasteiger partial charge in [-0.2, -0.15) is 0 Å². The first-order valence-corrected chi connectivity index (χ1v) is 18.9. The molecule has 1 aromatic heterocycles. The molecule has 0 saturated heterocycles. The molecule has 53 heavy (non-hydrogen) atoms. The smallest absolute Gasteiger partial charge is 0.227 e. The van der Waals surface area contributed by atoms with Gasteiger partial charge in [0, 0.05) is 22.6 Å². The Morgan fingerprint density at radius 1 is 0.453 bits per heavy atom. The minimum Gasteiger partial charge on any atom is -0.436 e. The number of fused-ring (bicyclic) bond motifs is 1. The molecule has 0 aliphatic carbocycles. The van der Waals surface area contributed by atoms with Crippen molar-refractivity contribution in [2.75, 3.05) is 4.90 Å². The third-order valence-corrected chi connectivity index (χ3v) is 10.0. The predicted octanol–water partition coefficient (Wildman–Crippen LogP) is 14.3. The molecular formula is C50H44N2O. The van der Waals surface area contributed by atoms with Crippen LogP contribution in [0.25, 0.3) is 55.9 Å². The van der Waals surface area contributed by atoms with E-state index in [0.717, 1.165) is 47.2 Å². The van der Waals surface area contributed by atoms with Crippen molar-refractivity contribution in [3.63, 3.8) is 0 Å². The average Bonchev–Trinajstić information content (AvgIpc) is 3.66. The first kappa shape index (κ1) is 33.9. The van der Waals surface area contributed by atoms with Gasteiger partial charge in [-0.3, -0.25) is 0 Å². The van der Waals surface area contributed by atoms with E-state index in [2.05, 4.69) is 164 Å². The van der Waals surface area contributed by atoms with Crippen LogP contribution in [-0.4, -0.2) is 4.98 Å². The number of hydrogen-bond donors (Lipinski definition) is 0. The number of rotatable bonds is 12. The summed E-state index contributed by atoms with van der Waals surface area (Å²) in [5.41, 5.74) is 16.0. The van der Waals surface area contributed by atoms with E-state index in [1.54, 1.807) is 0 Å². The minimum atomic E-state index is 0.635. The fraction of sp³-hybridized carbons (Fsp3) is 0.140. The summed E-state index contributed by atoms with van der Waals surface area (Å²) in [4.78, 5) is 7.09. The summed E-state index contributed by atoms with van der Waals surface area (Å²) in [6.45, 7) is 4.49. The van der Waals surface area contributed by atoms with Crippen molar-refractivity contribution < 1.29 is 4.42 Å². The molecule has 260 valence electrons. The lowest BCUT2D eigenvalue weighted by atomic mass is 9.89. The van der Waals surface area contributed by atoms with Gasteiger partial charge in [0.25, 0.3) is 0 Å². The highest BCUT2D eigenvalue weighted by Crippen LogP contribution is 2.41. The molecular weight excluding hydrogens is 645 g/mol. The zero-order valence-corrected chi connectivity index (χ0v) is 30.5. The van der Waals surface area contributed by atoms with E-state index in [1.807, 2.05) is 24.3 Å². The zero-order valence-electron chi connectivity index (χ0n) is 30.5. The third kappa shape index (κ3) is 7.29. The van der Waals surface area contributed by atoms with E-state index in [0.29, 0.717) is 5.89 Å². The summed E-state index contributed by atoms with van der Waals surface area (Å²) in [7, 11) is 0. The van der Waals surface area contributed by atoms with E-state index in [-0.39, 0.29) is 0 Å². The van der Waals surface area contributed by atoms with E-state index < -0.39 is 0 Å². The molecule has 8 rings (SSSR count). The molecule has 3 nitrogen and oxygen atoms in total. The number of aryl methyl sites for hydroxylation is 2. The van der Waals surface area contributed by atoms with Crippen molar-refractivity contribution in [1.82, 2.24) is 4.98 Å². The molecule has 0 radical (unpaired) electrons. The average molecular weight is 689 g/mol. The van der Waals surface area contributed by atoms with Gasteiger partial charge in [0.1, 0.15) is 5.52 Å². The summed E-state index contributed by atoms with van der Waals surface area (Å²) in [6.07, 6.45) is 5.72. The lowest BCUT2D eigenvalue weighted by molar-refractivity contribution is 0.620. The van der Waals surface area contributed by atoms with E-state index >= 15 is 0 Å². The van der Waals surface area contributed by atoms with Crippen LogP contribution in [0.15, 0.2) is 174 Å². The largest absolute Gasteiger partial charge is 0.436 e. The fourth-order valence-electron chi connectivity index (χ4n) is 7.30. The van der Waals surface area contributed by atoms with Gasteiger partial charge in [-0.25, -0.2) is 4.98 Å². The molecule has 8 aromatic rings. The molecule has 0 amide bonds. The number of para-hydroxylation sites is 2. The van der Waals surface area contributed by atoms with Crippen LogP contribution in [0.1, 0.15) is 44.2 Å². The maximum atomic E-state index is 6.05. The quantitative estimate of drug-likeness (QED) is 0.128. The summed E-state index contributed by atoms with van der Waals surface area (Å²) < 4.78 is 6.05. The van der Waals surface area contributed by atoms with Gasteiger partial charge in [-0.1, -0.05) is 136 Å². The number of nitrogens with zero attached hydrogens (tertiary/aromatic N) is 2. The zero-order chi connectivity index (χ0) is 36.0. The Morgan fingerprint density at radius 3 is 1.64 bits per heavy atom. The van der Waals surface area contributed by atoms with Gasteiger partial charge < -0.3 is 9.32 Å². The first-order chi connectivity index (χ1) is 26.2. The van der Waals surface area contributed by atoms with Gasteiger partial charge in [0.2, 0.25) is 5.89 Å². The molecule has 0 N–H and O–H groups in total. The molecule has 1 heterocycles. The monoisotopic (exact) mass is 688 g/mol. The summed E-state index contributed by atoms with van der Waals surface area (Å²) >= 11 is 0. The third-order valence-electron chi connectivity index (χ3n) is 10.0. The SMILES string of the molecule is CCCCc1ccc(N(c2ccc(-c3ccccc3-c3ccccc3-c3ccc(-c4nc5ccccc5o4)cc3)cc2)c2cccc(CCC)c2)cc1. The Balaban J connectivity index is 1.13. The first-order valence-electron chi connectivity index (χ1n) is 18.9. The Labute approximate surface area is 313 Å². The van der Waals surface area contributed by atoms with Crippen molar-refractivity contribution in [3.05, 3.63) is 181 Å². The van der Waals surface area contributed by atoms with Crippen molar-refractivity contribution in [2.24, 2.45) is 0 Å². The Morgan fingerprint density at radius 2 is 1.02 bits per heavy atom. The number of oxazole rings is 1. The van der Waals surface area contributed by atoms with Crippen molar-refractivity contribution >= 4 is 28.2 Å². The van der Waals surface area contributed by atoms with Crippen LogP contribution >= 0.6 is 0 Å². The number of aromatic nitrogens is 1. The van der Waals surface area contributed by atoms with Gasteiger partial charge in [0.05, 0.1) is 0 Å². The Kier molecular flexibility index (Phi) is 9.98. The number of benzene rings is 7. The summed E-state index contributed by atoms with van der Waals surface area (Å²) in [6, 6.07) is 61.0. The van der Waals surface area contributed by atoms with E-state index in [9.17, 15) is 0 Å². The molecule has 0 aliphatic rings. The molecule has 7 aromatic carbocycles. The number of hydrogen-bond acceptors (Lipinski definition) is 3. The molecule has 0 aliphatic heterocycles. The van der Waals surface area contributed by atoms with Crippen LogP contribution in [0.3, 0.4) is 0 Å². The number of anilines is 3. The highest BCUT2D eigenvalue weighted by Gasteiger charge is 2.16. The van der Waals surface area contributed by atoms with Crippen LogP contribution in [0, 0.1) is 0 Å². The maximum absolute atomic E-state index is 6.05. The number of unbranched alkanes of at least 4 members (excludes halogenated alkanes) is 1. The summed E-state index contributed by atoms with van der Waals surface area (Å²) in [5.74, 6) is 0.635. The van der Waals surface area contributed by atoms with Gasteiger partial charge in [-0.05, 0) is 124 Å². The molecule has 0 saturated carbocycles. The minimum absolute atomic E-state index is 0.635. The normalized spacial score (nSPS) is 11.2. The van der Waals surface area contributed by atoms with Gasteiger partial charge >= 0.3 is 0 Å². The van der Waals surface area contributed by atoms with E-state index in [1.165, 1.54) is 63.2 Å². The van der Waals surface area contributed by atoms with Crippen molar-refractivity contribution in [3.8, 4) is 44.8 Å². The lowest BCUT2D eigenvalue weighted by Gasteiger charge is -2.26. The second-order valence-electron chi connectivity index (χ2n) is 13.7. The van der Waals surface area contributed by atoms with Crippen molar-refractivity contribution in [2.45, 2.75) is 46.0 Å². The van der Waals surface area contributed by atoms with Gasteiger partial charge in [0.15, 0.2) is 5.58 Å². The second kappa shape index (κ2) is 15.6. The molecule has 3 heteroatoms. The second-order valence-corrected chi connectivity index (χ2v) is 13.7. The topological polar surface area (TPSA) is 29.3 Å².